The Hall–Kier alpha value is -3.62. The highest BCUT2D eigenvalue weighted by atomic mass is 16.6. The number of benzene rings is 1. The summed E-state index contributed by atoms with van der Waals surface area (Å²) in [7, 11) is 3.57. The lowest BCUT2D eigenvalue weighted by atomic mass is 10.0. The van der Waals surface area contributed by atoms with E-state index < -0.39 is 29.3 Å². The fourth-order valence-corrected chi connectivity index (χ4v) is 2.08. The molecule has 9 heteroatoms. The van der Waals surface area contributed by atoms with Crippen LogP contribution in [0.1, 0.15) is 10.4 Å². The molecule has 0 aliphatic heterocycles. The first-order valence-corrected chi connectivity index (χ1v) is 7.09. The van der Waals surface area contributed by atoms with E-state index in [1.165, 1.54) is 20.3 Å². The third-order valence-electron chi connectivity index (χ3n) is 3.35. The van der Waals surface area contributed by atoms with Crippen LogP contribution in [0.4, 0.5) is 0 Å². The number of allylic oxidation sites excluding steroid dienone is 2. The summed E-state index contributed by atoms with van der Waals surface area (Å²) in [5, 5.41) is 10.0. The third kappa shape index (κ3) is 3.56. The van der Waals surface area contributed by atoms with Gasteiger partial charge in [-0.25, -0.2) is 9.59 Å². The number of carbonyl (C=O) groups is 4. The largest absolute Gasteiger partial charge is 0.504 e. The lowest BCUT2D eigenvalue weighted by molar-refractivity contribution is -0.134. The standard InChI is InChI=1S/C17H14O9/c1-23-12-6-9(4-10(18)14(12)20)17(22)26-15-11(19)5-8(16(21)25-3)7-13(15)24-2/h4-7,19H,1-3H3. The van der Waals surface area contributed by atoms with Crippen LogP contribution < -0.4 is 9.47 Å². The summed E-state index contributed by atoms with van der Waals surface area (Å²) in [6, 6.07) is 2.23. The average molecular weight is 362 g/mol. The summed E-state index contributed by atoms with van der Waals surface area (Å²) in [5.74, 6) is -4.99. The van der Waals surface area contributed by atoms with E-state index in [0.29, 0.717) is 0 Å². The molecule has 1 aliphatic carbocycles. The van der Waals surface area contributed by atoms with Crippen molar-refractivity contribution >= 4 is 23.5 Å². The van der Waals surface area contributed by atoms with Crippen LogP contribution in [-0.2, 0) is 23.9 Å². The smallest absolute Gasteiger partial charge is 0.344 e. The van der Waals surface area contributed by atoms with Crippen LogP contribution in [0, 0.1) is 0 Å². The van der Waals surface area contributed by atoms with Crippen LogP contribution >= 0.6 is 0 Å². The van der Waals surface area contributed by atoms with Crippen molar-refractivity contribution in [1.29, 1.82) is 0 Å². The SMILES string of the molecule is COC(=O)c1cc(O)c(OC(=O)C2=CC(=O)C(=O)C(OC)=C2)c(OC)c1. The van der Waals surface area contributed by atoms with Gasteiger partial charge in [-0.05, 0) is 18.2 Å². The van der Waals surface area contributed by atoms with Gasteiger partial charge in [-0.3, -0.25) is 9.59 Å². The van der Waals surface area contributed by atoms with E-state index in [9.17, 15) is 24.3 Å². The molecule has 0 spiro atoms. The minimum Gasteiger partial charge on any atom is -0.504 e. The van der Waals surface area contributed by atoms with E-state index in [-0.39, 0.29) is 28.4 Å². The molecule has 0 saturated carbocycles. The molecule has 1 N–H and O–H groups in total. The predicted molar refractivity (Wildman–Crippen MR) is 84.8 cm³/mol. The molecular formula is C17H14O9. The van der Waals surface area contributed by atoms with Crippen molar-refractivity contribution in [3.05, 3.63) is 41.2 Å². The zero-order valence-electron chi connectivity index (χ0n) is 14.0. The number of hydrogen-bond acceptors (Lipinski definition) is 9. The van der Waals surface area contributed by atoms with E-state index >= 15 is 0 Å². The minimum absolute atomic E-state index is 0.0270. The van der Waals surface area contributed by atoms with Crippen LogP contribution in [-0.4, -0.2) is 49.9 Å². The summed E-state index contributed by atoms with van der Waals surface area (Å²) in [5.41, 5.74) is -0.286. The summed E-state index contributed by atoms with van der Waals surface area (Å²) >= 11 is 0. The summed E-state index contributed by atoms with van der Waals surface area (Å²) < 4.78 is 19.3. The summed E-state index contributed by atoms with van der Waals surface area (Å²) in [4.78, 5) is 46.9. The Kier molecular flexibility index (Phi) is 5.41. The molecule has 0 aromatic heterocycles. The number of phenolic OH excluding ortho intramolecular Hbond substituents is 1. The van der Waals surface area contributed by atoms with Gasteiger partial charge in [-0.1, -0.05) is 0 Å². The maximum absolute atomic E-state index is 12.3. The molecule has 0 fully saturated rings. The van der Waals surface area contributed by atoms with E-state index in [0.717, 1.165) is 25.3 Å². The monoisotopic (exact) mass is 362 g/mol. The van der Waals surface area contributed by atoms with Crippen LogP contribution in [0.2, 0.25) is 0 Å². The number of hydrogen-bond donors (Lipinski definition) is 1. The Bertz CT molecular complexity index is 861. The van der Waals surface area contributed by atoms with Crippen LogP contribution in [0.5, 0.6) is 17.2 Å². The van der Waals surface area contributed by atoms with Crippen molar-refractivity contribution in [2.75, 3.05) is 21.3 Å². The van der Waals surface area contributed by atoms with Crippen LogP contribution in [0.15, 0.2) is 35.6 Å². The number of phenols is 1. The van der Waals surface area contributed by atoms with Gasteiger partial charge in [-0.2, -0.15) is 0 Å². The highest BCUT2D eigenvalue weighted by Gasteiger charge is 2.28. The Morgan fingerprint density at radius 2 is 1.65 bits per heavy atom. The van der Waals surface area contributed by atoms with Gasteiger partial charge < -0.3 is 24.1 Å². The Morgan fingerprint density at radius 1 is 0.962 bits per heavy atom. The lowest BCUT2D eigenvalue weighted by Gasteiger charge is -2.14. The molecule has 1 aromatic rings. The molecular weight excluding hydrogens is 348 g/mol. The second kappa shape index (κ2) is 7.51. The Balaban J connectivity index is 2.36. The van der Waals surface area contributed by atoms with Crippen molar-refractivity contribution in [3.63, 3.8) is 0 Å². The summed E-state index contributed by atoms with van der Waals surface area (Å²) in [6.45, 7) is 0. The van der Waals surface area contributed by atoms with Crippen molar-refractivity contribution in [2.45, 2.75) is 0 Å². The normalized spacial score (nSPS) is 13.5. The fourth-order valence-electron chi connectivity index (χ4n) is 2.08. The van der Waals surface area contributed by atoms with Crippen molar-refractivity contribution in [3.8, 4) is 17.2 Å². The maximum Gasteiger partial charge on any atom is 0.344 e. The topological polar surface area (TPSA) is 125 Å². The first-order valence-electron chi connectivity index (χ1n) is 7.09. The van der Waals surface area contributed by atoms with Gasteiger partial charge >= 0.3 is 11.9 Å². The van der Waals surface area contributed by atoms with Crippen LogP contribution in [0.3, 0.4) is 0 Å². The molecule has 2 rings (SSSR count). The van der Waals surface area contributed by atoms with Gasteiger partial charge in [0.15, 0.2) is 17.3 Å². The summed E-state index contributed by atoms with van der Waals surface area (Å²) in [6.07, 6.45) is 1.83. The van der Waals surface area contributed by atoms with Gasteiger partial charge in [0, 0.05) is 6.08 Å². The van der Waals surface area contributed by atoms with Crippen molar-refractivity contribution < 1.29 is 43.2 Å². The molecule has 26 heavy (non-hydrogen) atoms. The number of ketones is 2. The van der Waals surface area contributed by atoms with E-state index in [4.69, 9.17) is 14.2 Å². The zero-order chi connectivity index (χ0) is 19.4. The number of methoxy groups -OCH3 is 3. The van der Waals surface area contributed by atoms with Gasteiger partial charge in [0.05, 0.1) is 32.5 Å². The molecule has 0 radical (unpaired) electrons. The average Bonchev–Trinajstić information content (AvgIpc) is 2.64. The quantitative estimate of drug-likeness (QED) is 0.349. The minimum atomic E-state index is -1.04. The number of esters is 2. The lowest BCUT2D eigenvalue weighted by Crippen LogP contribution is -2.23. The second-order valence-electron chi connectivity index (χ2n) is 4.91. The first-order chi connectivity index (χ1) is 12.3. The Morgan fingerprint density at radius 3 is 2.23 bits per heavy atom. The number of Topliss-reactive ketones (excluding diaryl/α,β-unsaturated/α-hetero) is 1. The van der Waals surface area contributed by atoms with Gasteiger partial charge in [0.1, 0.15) is 0 Å². The first kappa shape index (κ1) is 18.7. The van der Waals surface area contributed by atoms with E-state index in [1.54, 1.807) is 0 Å². The van der Waals surface area contributed by atoms with Gasteiger partial charge in [-0.15, -0.1) is 0 Å². The molecule has 9 nitrogen and oxygen atoms in total. The zero-order valence-corrected chi connectivity index (χ0v) is 14.0. The molecule has 0 heterocycles. The molecule has 1 aromatic carbocycles. The highest BCUT2D eigenvalue weighted by molar-refractivity contribution is 6.48. The molecule has 0 bridgehead atoms. The van der Waals surface area contributed by atoms with Gasteiger partial charge in [0.2, 0.25) is 11.5 Å². The number of rotatable bonds is 5. The molecule has 0 saturated heterocycles. The maximum atomic E-state index is 12.3. The van der Waals surface area contributed by atoms with E-state index in [1.807, 2.05) is 0 Å². The number of ether oxygens (including phenoxy) is 4. The van der Waals surface area contributed by atoms with Crippen LogP contribution in [0.25, 0.3) is 0 Å². The highest BCUT2D eigenvalue weighted by Crippen LogP contribution is 2.38. The molecule has 0 unspecified atom stereocenters. The molecule has 0 atom stereocenters. The predicted octanol–water partition coefficient (Wildman–Crippen LogP) is 0.701. The molecule has 0 amide bonds. The van der Waals surface area contributed by atoms with Crippen molar-refractivity contribution in [2.24, 2.45) is 0 Å². The fraction of sp³-hybridized carbons (Fsp3) is 0.176. The molecule has 136 valence electrons. The third-order valence-corrected chi connectivity index (χ3v) is 3.35. The second-order valence-corrected chi connectivity index (χ2v) is 4.91. The van der Waals surface area contributed by atoms with E-state index in [2.05, 4.69) is 4.74 Å². The number of aromatic hydroxyl groups is 1. The molecule has 1 aliphatic rings. The van der Waals surface area contributed by atoms with Gasteiger partial charge in [0.25, 0.3) is 5.78 Å². The Labute approximate surface area is 147 Å². The van der Waals surface area contributed by atoms with Crippen molar-refractivity contribution in [1.82, 2.24) is 0 Å². The number of carbonyl (C=O) groups excluding carboxylic acids is 4.